The highest BCUT2D eigenvalue weighted by atomic mass is 19.1. The zero-order valence-corrected chi connectivity index (χ0v) is 16.7. The fourth-order valence-electron chi connectivity index (χ4n) is 3.15. The first kappa shape index (κ1) is 24.6. The van der Waals surface area contributed by atoms with E-state index in [0.717, 1.165) is 5.56 Å². The van der Waals surface area contributed by atoms with E-state index in [1.54, 1.807) is 31.2 Å². The molecule has 1 aliphatic heterocycles. The zero-order chi connectivity index (χ0) is 22.3. The van der Waals surface area contributed by atoms with Crippen molar-refractivity contribution in [3.05, 3.63) is 35.9 Å². The van der Waals surface area contributed by atoms with Gasteiger partial charge in [0.15, 0.2) is 6.29 Å². The Hall–Kier alpha value is -1.66. The number of ether oxygens (including phenoxy) is 2. The summed E-state index contributed by atoms with van der Waals surface area (Å²) in [5.41, 5.74) is 0.745. The Kier molecular flexibility index (Phi) is 9.56. The lowest BCUT2D eigenvalue weighted by molar-refractivity contribution is -0.300. The molecular formula is C20H30FNO8. The number of nitrogens with one attached hydrogen (secondary N) is 1. The number of rotatable bonds is 10. The molecule has 6 N–H and O–H groups in total. The van der Waals surface area contributed by atoms with Crippen LogP contribution in [0.25, 0.3) is 0 Å². The predicted octanol–water partition coefficient (Wildman–Crippen LogP) is -1.36. The van der Waals surface area contributed by atoms with Gasteiger partial charge in [-0.25, -0.2) is 4.39 Å². The maximum Gasteiger partial charge on any atom is 0.224 e. The predicted molar refractivity (Wildman–Crippen MR) is 103 cm³/mol. The van der Waals surface area contributed by atoms with E-state index in [1.165, 1.54) is 0 Å². The van der Waals surface area contributed by atoms with E-state index >= 15 is 0 Å². The van der Waals surface area contributed by atoms with Crippen molar-refractivity contribution in [3.63, 3.8) is 0 Å². The highest BCUT2D eigenvalue weighted by molar-refractivity contribution is 5.78. The third kappa shape index (κ3) is 6.42. The van der Waals surface area contributed by atoms with Gasteiger partial charge in [-0.3, -0.25) is 4.79 Å². The number of aliphatic hydroxyl groups is 5. The number of halogens is 1. The summed E-state index contributed by atoms with van der Waals surface area (Å²) in [5, 5.41) is 52.5. The molecule has 0 spiro atoms. The first-order valence-electron chi connectivity index (χ1n) is 9.85. The van der Waals surface area contributed by atoms with Gasteiger partial charge >= 0.3 is 0 Å². The maximum absolute atomic E-state index is 13.0. The second kappa shape index (κ2) is 11.7. The number of amides is 1. The Labute approximate surface area is 174 Å². The van der Waals surface area contributed by atoms with E-state index in [0.29, 0.717) is 0 Å². The van der Waals surface area contributed by atoms with Crippen LogP contribution in [-0.4, -0.2) is 93.7 Å². The van der Waals surface area contributed by atoms with Crippen molar-refractivity contribution in [3.8, 4) is 0 Å². The van der Waals surface area contributed by atoms with E-state index in [1.807, 2.05) is 6.07 Å². The number of benzene rings is 1. The van der Waals surface area contributed by atoms with Gasteiger partial charge in [-0.05, 0) is 12.0 Å². The Morgan fingerprint density at radius 1 is 1.17 bits per heavy atom. The summed E-state index contributed by atoms with van der Waals surface area (Å²) in [4.78, 5) is 12.4. The van der Waals surface area contributed by atoms with Gasteiger partial charge in [0.1, 0.15) is 37.2 Å². The molecule has 1 aromatic rings. The second-order valence-corrected chi connectivity index (χ2v) is 7.30. The van der Waals surface area contributed by atoms with Crippen molar-refractivity contribution >= 4 is 5.91 Å². The highest BCUT2D eigenvalue weighted by Gasteiger charge is 2.44. The smallest absolute Gasteiger partial charge is 0.224 e. The van der Waals surface area contributed by atoms with Crippen LogP contribution >= 0.6 is 0 Å². The van der Waals surface area contributed by atoms with Crippen molar-refractivity contribution in [2.75, 3.05) is 13.3 Å². The van der Waals surface area contributed by atoms with Crippen molar-refractivity contribution in [1.29, 1.82) is 0 Å². The zero-order valence-electron chi connectivity index (χ0n) is 16.7. The first-order chi connectivity index (χ1) is 14.3. The van der Waals surface area contributed by atoms with Gasteiger partial charge in [-0.1, -0.05) is 37.3 Å². The van der Waals surface area contributed by atoms with Crippen LogP contribution in [0.1, 0.15) is 18.9 Å². The second-order valence-electron chi connectivity index (χ2n) is 7.30. The number of hydrogen-bond donors (Lipinski definition) is 6. The molecule has 9 nitrogen and oxygen atoms in total. The van der Waals surface area contributed by atoms with E-state index in [2.05, 4.69) is 5.32 Å². The summed E-state index contributed by atoms with van der Waals surface area (Å²) in [5.74, 6) is -0.431. The minimum atomic E-state index is -1.69. The molecule has 2 unspecified atom stereocenters. The molecule has 1 aliphatic rings. The molecule has 1 amide bonds. The Morgan fingerprint density at radius 2 is 1.83 bits per heavy atom. The van der Waals surface area contributed by atoms with Gasteiger partial charge in [-0.2, -0.15) is 0 Å². The lowest BCUT2D eigenvalue weighted by Crippen LogP contribution is -2.60. The third-order valence-electron chi connectivity index (χ3n) is 5.04. The monoisotopic (exact) mass is 431 g/mol. The Bertz CT molecular complexity index is 649. The number of alkyl halides is 1. The van der Waals surface area contributed by atoms with Crippen LogP contribution in [-0.2, 0) is 20.7 Å². The van der Waals surface area contributed by atoms with Crippen LogP contribution in [0.3, 0.4) is 0 Å². The minimum Gasteiger partial charge on any atom is -0.390 e. The molecule has 0 radical (unpaired) electrons. The molecule has 1 saturated heterocycles. The standard InChI is InChI=1S/C20H30FNO8/c1-2-13(23)16(25)12(22-15(24)8-11-6-4-3-5-7-11)10-29-20-19(28)18(27)17(26)14(9-21)30-20/h3-7,12-14,16-20,23,25-28H,2,8-10H2,1H3,(H,22,24)/t12-,13+,14?,16-,17+,18-,19?,20-/m0/s1. The average molecular weight is 431 g/mol. The summed E-state index contributed by atoms with van der Waals surface area (Å²) >= 11 is 0. The fourth-order valence-corrected chi connectivity index (χ4v) is 3.15. The van der Waals surface area contributed by atoms with Crippen molar-refractivity contribution < 1.29 is 44.2 Å². The van der Waals surface area contributed by atoms with Gasteiger partial charge in [0.05, 0.1) is 25.2 Å². The van der Waals surface area contributed by atoms with Gasteiger partial charge in [0.25, 0.3) is 0 Å². The number of carbonyl (C=O) groups is 1. The molecule has 0 bridgehead atoms. The average Bonchev–Trinajstić information content (AvgIpc) is 2.75. The first-order valence-corrected chi connectivity index (χ1v) is 9.85. The SMILES string of the molecule is CC[C@@H](O)[C@@H](O)[C@H](CO[C@H]1OC(CF)[C@@H](O)[C@H](O)C1O)NC(=O)Cc1ccccc1. The molecular weight excluding hydrogens is 401 g/mol. The van der Waals surface area contributed by atoms with Crippen LogP contribution in [0.4, 0.5) is 4.39 Å². The van der Waals surface area contributed by atoms with Crippen LogP contribution in [0.2, 0.25) is 0 Å². The minimum absolute atomic E-state index is 0.0314. The number of hydrogen-bond acceptors (Lipinski definition) is 8. The quantitative estimate of drug-likeness (QED) is 0.266. The highest BCUT2D eigenvalue weighted by Crippen LogP contribution is 2.23. The molecule has 0 saturated carbocycles. The summed E-state index contributed by atoms with van der Waals surface area (Å²) in [6.07, 6.45) is -10.2. The van der Waals surface area contributed by atoms with E-state index in [-0.39, 0.29) is 12.8 Å². The maximum atomic E-state index is 13.0. The van der Waals surface area contributed by atoms with Crippen LogP contribution in [0, 0.1) is 0 Å². The molecule has 0 aromatic heterocycles. The third-order valence-corrected chi connectivity index (χ3v) is 5.04. The molecule has 1 heterocycles. The molecule has 2 rings (SSSR count). The molecule has 10 heteroatoms. The van der Waals surface area contributed by atoms with Gasteiger partial charge in [-0.15, -0.1) is 0 Å². The molecule has 30 heavy (non-hydrogen) atoms. The molecule has 0 aliphatic carbocycles. The van der Waals surface area contributed by atoms with Crippen LogP contribution in [0.15, 0.2) is 30.3 Å². The summed E-state index contributed by atoms with van der Waals surface area (Å²) in [7, 11) is 0. The van der Waals surface area contributed by atoms with Crippen molar-refractivity contribution in [1.82, 2.24) is 5.32 Å². The normalized spacial score (nSPS) is 29.8. The largest absolute Gasteiger partial charge is 0.390 e. The van der Waals surface area contributed by atoms with Crippen LogP contribution in [0.5, 0.6) is 0 Å². The number of carbonyl (C=O) groups excluding carboxylic acids is 1. The van der Waals surface area contributed by atoms with Gasteiger partial charge in [0.2, 0.25) is 5.91 Å². The Morgan fingerprint density at radius 3 is 2.43 bits per heavy atom. The lowest BCUT2D eigenvalue weighted by atomic mass is 9.99. The Balaban J connectivity index is 2.03. The van der Waals surface area contributed by atoms with Gasteiger partial charge < -0.3 is 40.3 Å². The fraction of sp³-hybridized carbons (Fsp3) is 0.650. The molecule has 1 aromatic carbocycles. The number of aliphatic hydroxyl groups excluding tert-OH is 5. The summed E-state index contributed by atoms with van der Waals surface area (Å²) < 4.78 is 23.5. The summed E-state index contributed by atoms with van der Waals surface area (Å²) in [6.45, 7) is 0.136. The van der Waals surface area contributed by atoms with Crippen molar-refractivity contribution in [2.24, 2.45) is 0 Å². The lowest BCUT2D eigenvalue weighted by Gasteiger charge is -2.40. The van der Waals surface area contributed by atoms with Crippen molar-refractivity contribution in [2.45, 2.75) is 68.7 Å². The van der Waals surface area contributed by atoms with E-state index in [9.17, 15) is 34.7 Å². The van der Waals surface area contributed by atoms with Gasteiger partial charge in [0, 0.05) is 0 Å². The molecule has 8 atom stereocenters. The summed E-state index contributed by atoms with van der Waals surface area (Å²) in [6, 6.07) is 7.82. The van der Waals surface area contributed by atoms with E-state index < -0.39 is 68.1 Å². The topological polar surface area (TPSA) is 149 Å². The van der Waals surface area contributed by atoms with Crippen LogP contribution < -0.4 is 5.32 Å². The molecule has 170 valence electrons. The molecule has 1 fully saturated rings. The van der Waals surface area contributed by atoms with E-state index in [4.69, 9.17) is 9.47 Å².